The van der Waals surface area contributed by atoms with Gasteiger partial charge in [-0.05, 0) is 31.2 Å². The first-order valence-corrected chi connectivity index (χ1v) is 10.1. The van der Waals surface area contributed by atoms with Gasteiger partial charge in [-0.2, -0.15) is 13.2 Å². The second-order valence-electron chi connectivity index (χ2n) is 7.78. The van der Waals surface area contributed by atoms with Gasteiger partial charge < -0.3 is 29.8 Å². The molecule has 3 aromatic rings. The molecule has 3 heterocycles. The van der Waals surface area contributed by atoms with E-state index in [-0.39, 0.29) is 22.4 Å². The van der Waals surface area contributed by atoms with Crippen molar-refractivity contribution in [1.29, 1.82) is 0 Å². The van der Waals surface area contributed by atoms with Crippen LogP contribution in [0, 0.1) is 0 Å². The predicted molar refractivity (Wildman–Crippen MR) is 112 cm³/mol. The molecule has 4 rings (SSSR count). The fourth-order valence-corrected chi connectivity index (χ4v) is 4.03. The Bertz CT molecular complexity index is 1200. The summed E-state index contributed by atoms with van der Waals surface area (Å²) in [6.45, 7) is 1.12. The zero-order valence-electron chi connectivity index (χ0n) is 17.3. The van der Waals surface area contributed by atoms with Gasteiger partial charge in [-0.15, -0.1) is 0 Å². The number of alkyl halides is 3. The lowest BCUT2D eigenvalue weighted by atomic mass is 9.93. The quantitative estimate of drug-likeness (QED) is 0.431. The first-order chi connectivity index (χ1) is 15.6. The Balaban J connectivity index is 1.77. The molecule has 2 aromatic heterocycles. The van der Waals surface area contributed by atoms with Crippen molar-refractivity contribution in [3.8, 4) is 11.3 Å². The van der Waals surface area contributed by atoms with Crippen molar-refractivity contribution in [2.75, 3.05) is 11.9 Å². The lowest BCUT2D eigenvalue weighted by Gasteiger charge is -2.41. The lowest BCUT2D eigenvalue weighted by molar-refractivity contribution is -0.180. The molecule has 8 nitrogen and oxygen atoms in total. The molecule has 1 aromatic carbocycles. The molecular formula is C22H21F3N2O6. The van der Waals surface area contributed by atoms with Crippen molar-refractivity contribution in [2.24, 2.45) is 0 Å². The molecule has 1 saturated heterocycles. The third kappa shape index (κ3) is 4.32. The SMILES string of the molecule is CC1OC(CO)C(O)C(O)C1Nc1ccc2c(C(F)(F)F)c(-c3ccccn3)c(=O)oc2c1. The van der Waals surface area contributed by atoms with Gasteiger partial charge in [0.2, 0.25) is 0 Å². The maximum Gasteiger partial charge on any atom is 0.418 e. The second kappa shape index (κ2) is 8.75. The van der Waals surface area contributed by atoms with E-state index >= 15 is 0 Å². The van der Waals surface area contributed by atoms with Crippen LogP contribution in [0.1, 0.15) is 12.5 Å². The molecule has 4 N–H and O–H groups in total. The number of fused-ring (bicyclic) bond motifs is 1. The number of hydrogen-bond acceptors (Lipinski definition) is 8. The minimum atomic E-state index is -4.86. The van der Waals surface area contributed by atoms with Crippen molar-refractivity contribution in [3.05, 3.63) is 58.6 Å². The summed E-state index contributed by atoms with van der Waals surface area (Å²) in [4.78, 5) is 16.4. The highest BCUT2D eigenvalue weighted by Crippen LogP contribution is 2.40. The van der Waals surface area contributed by atoms with Gasteiger partial charge in [0, 0.05) is 23.3 Å². The minimum Gasteiger partial charge on any atom is -0.422 e. The van der Waals surface area contributed by atoms with Crippen molar-refractivity contribution in [1.82, 2.24) is 4.98 Å². The van der Waals surface area contributed by atoms with E-state index in [9.17, 15) is 33.3 Å². The van der Waals surface area contributed by atoms with E-state index in [1.807, 2.05) is 0 Å². The Morgan fingerprint density at radius 1 is 1.15 bits per heavy atom. The number of aliphatic hydroxyl groups is 3. The van der Waals surface area contributed by atoms with E-state index < -0.39 is 60.0 Å². The third-order valence-corrected chi connectivity index (χ3v) is 5.62. The van der Waals surface area contributed by atoms with Crippen LogP contribution in [-0.4, -0.2) is 57.4 Å². The summed E-state index contributed by atoms with van der Waals surface area (Å²) in [6.07, 6.45) is -7.91. The van der Waals surface area contributed by atoms with Crippen LogP contribution in [0.5, 0.6) is 0 Å². The fraction of sp³-hybridized carbons (Fsp3) is 0.364. The zero-order valence-corrected chi connectivity index (χ0v) is 17.3. The van der Waals surface area contributed by atoms with Crippen molar-refractivity contribution < 1.29 is 37.6 Å². The Labute approximate surface area is 185 Å². The van der Waals surface area contributed by atoms with Crippen LogP contribution in [-0.2, 0) is 10.9 Å². The van der Waals surface area contributed by atoms with Crippen molar-refractivity contribution >= 4 is 16.7 Å². The fourth-order valence-electron chi connectivity index (χ4n) is 4.03. The van der Waals surface area contributed by atoms with E-state index in [4.69, 9.17) is 9.15 Å². The molecular weight excluding hydrogens is 445 g/mol. The number of benzene rings is 1. The number of ether oxygens (including phenoxy) is 1. The van der Waals surface area contributed by atoms with Crippen LogP contribution in [0.25, 0.3) is 22.2 Å². The maximum atomic E-state index is 14.0. The van der Waals surface area contributed by atoms with Crippen LogP contribution >= 0.6 is 0 Å². The van der Waals surface area contributed by atoms with Crippen LogP contribution in [0.15, 0.2) is 51.8 Å². The Morgan fingerprint density at radius 2 is 1.91 bits per heavy atom. The van der Waals surface area contributed by atoms with Gasteiger partial charge in [0.1, 0.15) is 23.9 Å². The predicted octanol–water partition coefficient (Wildman–Crippen LogP) is 2.16. The van der Waals surface area contributed by atoms with Gasteiger partial charge in [-0.25, -0.2) is 4.79 Å². The van der Waals surface area contributed by atoms with Crippen molar-refractivity contribution in [2.45, 2.75) is 43.6 Å². The van der Waals surface area contributed by atoms with Crippen molar-refractivity contribution in [3.63, 3.8) is 0 Å². The molecule has 0 radical (unpaired) electrons. The Morgan fingerprint density at radius 3 is 2.55 bits per heavy atom. The lowest BCUT2D eigenvalue weighted by Crippen LogP contribution is -2.60. The summed E-state index contributed by atoms with van der Waals surface area (Å²) in [7, 11) is 0. The van der Waals surface area contributed by atoms with Crippen LogP contribution in [0.3, 0.4) is 0 Å². The molecule has 0 saturated carbocycles. The van der Waals surface area contributed by atoms with Gasteiger partial charge in [-0.3, -0.25) is 4.98 Å². The average Bonchev–Trinajstić information content (AvgIpc) is 2.78. The van der Waals surface area contributed by atoms with E-state index in [1.165, 1.54) is 36.5 Å². The molecule has 5 unspecified atom stereocenters. The molecule has 176 valence electrons. The van der Waals surface area contributed by atoms with E-state index in [2.05, 4.69) is 10.3 Å². The number of anilines is 1. The molecule has 0 bridgehead atoms. The van der Waals surface area contributed by atoms with Gasteiger partial charge in [0.15, 0.2) is 0 Å². The maximum absolute atomic E-state index is 14.0. The molecule has 0 aliphatic carbocycles. The number of hydrogen-bond donors (Lipinski definition) is 4. The molecule has 1 fully saturated rings. The largest absolute Gasteiger partial charge is 0.422 e. The highest BCUT2D eigenvalue weighted by molar-refractivity contribution is 5.89. The minimum absolute atomic E-state index is 0.161. The molecule has 0 spiro atoms. The van der Waals surface area contributed by atoms with E-state index in [0.717, 1.165) is 6.07 Å². The molecule has 0 amide bonds. The van der Waals surface area contributed by atoms with Crippen LogP contribution in [0.4, 0.5) is 18.9 Å². The molecule has 11 heteroatoms. The number of aromatic nitrogens is 1. The molecule has 1 aliphatic heterocycles. The Hall–Kier alpha value is -2.99. The Kier molecular flexibility index (Phi) is 6.14. The number of aliphatic hydroxyl groups excluding tert-OH is 3. The molecule has 5 atom stereocenters. The smallest absolute Gasteiger partial charge is 0.418 e. The topological polar surface area (TPSA) is 125 Å². The standard InChI is InChI=1S/C22H21F3N2O6/c1-10-18(20(30)19(29)15(9-28)32-10)27-11-5-6-12-14(8-11)33-21(31)16(17(12)22(23,24)25)13-4-2-3-7-26-13/h2-8,10,15,18-20,27-30H,9H2,1H3. The highest BCUT2D eigenvalue weighted by Gasteiger charge is 2.42. The number of pyridine rings is 1. The van der Waals surface area contributed by atoms with Gasteiger partial charge in [-0.1, -0.05) is 6.07 Å². The number of nitrogens with zero attached hydrogens (tertiary/aromatic N) is 1. The summed E-state index contributed by atoms with van der Waals surface area (Å²) < 4.78 is 52.7. The summed E-state index contributed by atoms with van der Waals surface area (Å²) in [5.41, 5.74) is -3.27. The highest BCUT2D eigenvalue weighted by atomic mass is 19.4. The third-order valence-electron chi connectivity index (χ3n) is 5.62. The number of rotatable bonds is 4. The van der Waals surface area contributed by atoms with E-state index in [1.54, 1.807) is 6.92 Å². The summed E-state index contributed by atoms with van der Waals surface area (Å²) in [6, 6.07) is 7.13. The average molecular weight is 466 g/mol. The first-order valence-electron chi connectivity index (χ1n) is 10.1. The normalized spacial score (nSPS) is 25.8. The van der Waals surface area contributed by atoms with Crippen LogP contribution < -0.4 is 10.9 Å². The van der Waals surface area contributed by atoms with Gasteiger partial charge in [0.25, 0.3) is 0 Å². The summed E-state index contributed by atoms with van der Waals surface area (Å²) >= 11 is 0. The number of nitrogens with one attached hydrogen (secondary N) is 1. The number of halogens is 3. The summed E-state index contributed by atoms with van der Waals surface area (Å²) in [5, 5.41) is 32.3. The van der Waals surface area contributed by atoms with Crippen LogP contribution in [0.2, 0.25) is 0 Å². The zero-order chi connectivity index (χ0) is 23.9. The van der Waals surface area contributed by atoms with Gasteiger partial charge >= 0.3 is 11.8 Å². The second-order valence-corrected chi connectivity index (χ2v) is 7.78. The summed E-state index contributed by atoms with van der Waals surface area (Å²) in [5.74, 6) is 0. The molecule has 1 aliphatic rings. The molecule has 33 heavy (non-hydrogen) atoms. The van der Waals surface area contributed by atoms with Gasteiger partial charge in [0.05, 0.1) is 35.6 Å². The van der Waals surface area contributed by atoms with E-state index in [0.29, 0.717) is 0 Å². The monoisotopic (exact) mass is 466 g/mol. The first kappa shape index (κ1) is 23.2.